The summed E-state index contributed by atoms with van der Waals surface area (Å²) in [7, 11) is 1.60. The molecule has 0 N–H and O–H groups in total. The number of benzene rings is 3. The topological polar surface area (TPSA) is 42.2 Å². The first-order valence-electron chi connectivity index (χ1n) is 8.63. The van der Waals surface area contributed by atoms with Gasteiger partial charge in [0.2, 0.25) is 0 Å². The van der Waals surface area contributed by atoms with Gasteiger partial charge < -0.3 is 9.47 Å². The molecule has 0 heterocycles. The van der Waals surface area contributed by atoms with E-state index in [2.05, 4.69) is 51.3 Å². The zero-order valence-electron chi connectivity index (χ0n) is 15.5. The van der Waals surface area contributed by atoms with Gasteiger partial charge in [0.25, 0.3) is 0 Å². The summed E-state index contributed by atoms with van der Waals surface area (Å²) in [5.74, 6) is 1.26. The second-order valence-electron chi connectivity index (χ2n) is 6.09. The first kappa shape index (κ1) is 21.9. The molecule has 0 saturated carbocycles. The van der Waals surface area contributed by atoms with Crippen LogP contribution in [0, 0.1) is 18.5 Å². The number of methoxy groups -OCH3 is 1. The molecule has 6 heteroatoms. The minimum absolute atomic E-state index is 0.341. The maximum absolute atomic E-state index is 9.61. The number of rotatable bonds is 6. The van der Waals surface area contributed by atoms with Crippen LogP contribution in [0.4, 0.5) is 0 Å². The van der Waals surface area contributed by atoms with Gasteiger partial charge in [0, 0.05) is 14.2 Å². The van der Waals surface area contributed by atoms with Crippen molar-refractivity contribution in [1.29, 1.82) is 5.26 Å². The van der Waals surface area contributed by atoms with Crippen molar-refractivity contribution < 1.29 is 9.47 Å². The lowest BCUT2D eigenvalue weighted by Crippen LogP contribution is -2.00. The maximum Gasteiger partial charge on any atom is 0.174 e. The van der Waals surface area contributed by atoms with Gasteiger partial charge in [0.05, 0.1) is 22.3 Å². The van der Waals surface area contributed by atoms with Crippen LogP contribution in [0.3, 0.4) is 0 Å². The number of halogens is 3. The fraction of sp³-hybridized carbons (Fsp3) is 0.0870. The van der Waals surface area contributed by atoms with E-state index in [1.165, 1.54) is 0 Å². The Morgan fingerprint density at radius 3 is 2.48 bits per heavy atom. The van der Waals surface area contributed by atoms with Gasteiger partial charge in [-0.25, -0.2) is 0 Å². The van der Waals surface area contributed by atoms with Crippen molar-refractivity contribution >= 4 is 68.4 Å². The van der Waals surface area contributed by atoms with Gasteiger partial charge in [-0.2, -0.15) is 5.26 Å². The standard InChI is InChI=1S/C23H16ClI2NO2/c1-28-22-12-15(10-18(13-27)16-6-8-19(25)9-7-16)11-21(26)23(22)29-14-17-4-2-3-5-20(17)24/h2-12H,14H2,1H3/b18-10-. The summed E-state index contributed by atoms with van der Waals surface area (Å²) in [4.78, 5) is 0. The molecule has 3 nitrogen and oxygen atoms in total. The van der Waals surface area contributed by atoms with Crippen molar-refractivity contribution in [3.63, 3.8) is 0 Å². The van der Waals surface area contributed by atoms with E-state index in [1.54, 1.807) is 7.11 Å². The highest BCUT2D eigenvalue weighted by atomic mass is 127. The smallest absolute Gasteiger partial charge is 0.174 e. The average molecular weight is 628 g/mol. The minimum atomic E-state index is 0.341. The monoisotopic (exact) mass is 627 g/mol. The summed E-state index contributed by atoms with van der Waals surface area (Å²) >= 11 is 10.7. The van der Waals surface area contributed by atoms with Crippen LogP contribution >= 0.6 is 56.8 Å². The first-order chi connectivity index (χ1) is 14.0. The number of hydrogen-bond acceptors (Lipinski definition) is 3. The molecular weight excluding hydrogens is 612 g/mol. The highest BCUT2D eigenvalue weighted by Gasteiger charge is 2.13. The molecule has 0 radical (unpaired) electrons. The molecule has 0 saturated heterocycles. The van der Waals surface area contributed by atoms with Crippen molar-refractivity contribution in [3.8, 4) is 17.6 Å². The van der Waals surface area contributed by atoms with Crippen LogP contribution in [0.2, 0.25) is 5.02 Å². The molecule has 29 heavy (non-hydrogen) atoms. The third-order valence-electron chi connectivity index (χ3n) is 4.17. The Hall–Kier alpha value is -1.76. The molecule has 0 amide bonds. The van der Waals surface area contributed by atoms with Crippen LogP contribution in [0.1, 0.15) is 16.7 Å². The summed E-state index contributed by atoms with van der Waals surface area (Å²) in [5, 5.41) is 10.3. The fourth-order valence-electron chi connectivity index (χ4n) is 2.70. The first-order valence-corrected chi connectivity index (χ1v) is 11.2. The van der Waals surface area contributed by atoms with Crippen LogP contribution in [-0.2, 0) is 6.61 Å². The molecule has 0 aromatic heterocycles. The molecule has 0 atom stereocenters. The van der Waals surface area contributed by atoms with Gasteiger partial charge in [-0.3, -0.25) is 0 Å². The lowest BCUT2D eigenvalue weighted by atomic mass is 10.0. The van der Waals surface area contributed by atoms with Gasteiger partial charge in [0.15, 0.2) is 11.5 Å². The maximum atomic E-state index is 9.61. The lowest BCUT2D eigenvalue weighted by Gasteiger charge is -2.14. The molecule has 3 rings (SSSR count). The van der Waals surface area contributed by atoms with Gasteiger partial charge in [-0.05, 0) is 92.7 Å². The summed E-state index contributed by atoms with van der Waals surface area (Å²) < 4.78 is 13.6. The number of nitrogens with zero attached hydrogens (tertiary/aromatic N) is 1. The van der Waals surface area contributed by atoms with E-state index in [9.17, 15) is 5.26 Å². The minimum Gasteiger partial charge on any atom is -0.493 e. The molecule has 3 aromatic rings. The van der Waals surface area contributed by atoms with E-state index < -0.39 is 0 Å². The SMILES string of the molecule is COc1cc(/C=C(/C#N)c2ccc(I)cc2)cc(I)c1OCc1ccccc1Cl. The summed E-state index contributed by atoms with van der Waals surface area (Å²) in [6.07, 6.45) is 1.85. The summed E-state index contributed by atoms with van der Waals surface area (Å²) in [6, 6.07) is 21.6. The molecule has 0 fully saturated rings. The van der Waals surface area contributed by atoms with Gasteiger partial charge in [0.1, 0.15) is 6.61 Å². The van der Waals surface area contributed by atoms with Crippen LogP contribution < -0.4 is 9.47 Å². The molecule has 0 aliphatic rings. The molecule has 0 aliphatic carbocycles. The van der Waals surface area contributed by atoms with Crippen LogP contribution in [0.25, 0.3) is 11.6 Å². The largest absolute Gasteiger partial charge is 0.493 e. The van der Waals surface area contributed by atoms with E-state index in [4.69, 9.17) is 21.1 Å². The predicted octanol–water partition coefficient (Wildman–Crippen LogP) is 7.20. The van der Waals surface area contributed by atoms with Crippen molar-refractivity contribution in [1.82, 2.24) is 0 Å². The third kappa shape index (κ3) is 5.65. The van der Waals surface area contributed by atoms with Gasteiger partial charge >= 0.3 is 0 Å². The Kier molecular flexibility index (Phi) is 7.81. The summed E-state index contributed by atoms with van der Waals surface area (Å²) in [5.41, 5.74) is 3.23. The highest BCUT2D eigenvalue weighted by Crippen LogP contribution is 2.36. The predicted molar refractivity (Wildman–Crippen MR) is 134 cm³/mol. The molecule has 0 unspecified atom stereocenters. The van der Waals surface area contributed by atoms with Gasteiger partial charge in [-0.15, -0.1) is 0 Å². The average Bonchev–Trinajstić information content (AvgIpc) is 2.72. The Morgan fingerprint density at radius 1 is 1.10 bits per heavy atom. The van der Waals surface area contributed by atoms with Crippen LogP contribution in [-0.4, -0.2) is 7.11 Å². The number of nitriles is 1. The Bertz CT molecular complexity index is 1090. The Labute approximate surface area is 202 Å². The third-order valence-corrected chi connectivity index (χ3v) is 6.06. The number of allylic oxidation sites excluding steroid dienone is 1. The molecule has 146 valence electrons. The molecule has 0 bridgehead atoms. The van der Waals surface area contributed by atoms with E-state index >= 15 is 0 Å². The van der Waals surface area contributed by atoms with Gasteiger partial charge in [-0.1, -0.05) is 41.9 Å². The number of ether oxygens (including phenoxy) is 2. The normalized spacial score (nSPS) is 11.1. The van der Waals surface area contributed by atoms with Crippen molar-refractivity contribution in [2.45, 2.75) is 6.61 Å². The number of hydrogen-bond donors (Lipinski definition) is 0. The lowest BCUT2D eigenvalue weighted by molar-refractivity contribution is 0.282. The quantitative estimate of drug-likeness (QED) is 0.165. The highest BCUT2D eigenvalue weighted by molar-refractivity contribution is 14.1. The van der Waals surface area contributed by atoms with Crippen LogP contribution in [0.5, 0.6) is 11.5 Å². The van der Waals surface area contributed by atoms with Crippen molar-refractivity contribution in [3.05, 3.63) is 89.5 Å². The van der Waals surface area contributed by atoms with E-state index in [0.717, 1.165) is 23.8 Å². The second-order valence-corrected chi connectivity index (χ2v) is 8.91. The molecule has 0 spiro atoms. The zero-order valence-corrected chi connectivity index (χ0v) is 20.5. The Morgan fingerprint density at radius 2 is 1.83 bits per heavy atom. The zero-order chi connectivity index (χ0) is 20.8. The van der Waals surface area contributed by atoms with E-state index in [-0.39, 0.29) is 0 Å². The van der Waals surface area contributed by atoms with E-state index in [1.807, 2.05) is 66.7 Å². The van der Waals surface area contributed by atoms with E-state index in [0.29, 0.717) is 28.7 Å². The second kappa shape index (κ2) is 10.3. The van der Waals surface area contributed by atoms with Crippen molar-refractivity contribution in [2.75, 3.05) is 7.11 Å². The summed E-state index contributed by atoms with van der Waals surface area (Å²) in [6.45, 7) is 0.341. The van der Waals surface area contributed by atoms with Crippen LogP contribution in [0.15, 0.2) is 60.7 Å². The molecule has 0 aliphatic heterocycles. The molecular formula is C23H16ClI2NO2. The Balaban J connectivity index is 1.90. The van der Waals surface area contributed by atoms with Crippen molar-refractivity contribution in [2.24, 2.45) is 0 Å². The molecule has 3 aromatic carbocycles. The fourth-order valence-corrected chi connectivity index (χ4v) is 4.04.